The Morgan fingerprint density at radius 3 is 2.58 bits per heavy atom. The van der Waals surface area contributed by atoms with Gasteiger partial charge >= 0.3 is 5.97 Å². The summed E-state index contributed by atoms with van der Waals surface area (Å²) in [6, 6.07) is 4.62. The number of hydrogen-bond acceptors (Lipinski definition) is 8. The van der Waals surface area contributed by atoms with Gasteiger partial charge in [-0.25, -0.2) is 4.79 Å². The van der Waals surface area contributed by atoms with E-state index >= 15 is 0 Å². The zero-order chi connectivity index (χ0) is 26.7. The number of ketones is 1. The fourth-order valence-electron chi connectivity index (χ4n) is 4.47. The van der Waals surface area contributed by atoms with Crippen LogP contribution in [-0.2, 0) is 14.3 Å². The Morgan fingerprint density at radius 2 is 1.97 bits per heavy atom. The molecule has 1 aromatic heterocycles. The lowest BCUT2D eigenvalue weighted by Crippen LogP contribution is -2.32. The summed E-state index contributed by atoms with van der Waals surface area (Å²) < 4.78 is 5.06. The predicted molar refractivity (Wildman–Crippen MR) is 132 cm³/mol. The number of aliphatic hydroxyl groups is 1. The van der Waals surface area contributed by atoms with E-state index in [0.717, 1.165) is 0 Å². The molecule has 1 aliphatic rings. The number of nitrogens with zero attached hydrogens (tertiary/aromatic N) is 3. The SMILES string of the molecule is CCOC(=O)c1[nH]c(C)c(C(O)=C2C(=O)C(=O)N(CCCN(C)C)[C@@H]2c2cccc([N+](=O)[O-])c2)c1C. The maximum atomic E-state index is 13.2. The van der Waals surface area contributed by atoms with Crippen LogP contribution in [0.5, 0.6) is 0 Å². The third-order valence-corrected chi connectivity index (χ3v) is 6.09. The lowest BCUT2D eigenvalue weighted by atomic mass is 9.93. The lowest BCUT2D eigenvalue weighted by Gasteiger charge is -2.26. The van der Waals surface area contributed by atoms with Crippen molar-refractivity contribution in [2.75, 3.05) is 33.8 Å². The maximum Gasteiger partial charge on any atom is 0.355 e. The first-order valence-corrected chi connectivity index (χ1v) is 11.5. The topological polar surface area (TPSA) is 146 Å². The summed E-state index contributed by atoms with van der Waals surface area (Å²) >= 11 is 0. The van der Waals surface area contributed by atoms with Gasteiger partial charge in [-0.2, -0.15) is 0 Å². The number of nitro groups is 1. The number of aromatic amines is 1. The maximum absolute atomic E-state index is 13.2. The van der Waals surface area contributed by atoms with Gasteiger partial charge in [0.1, 0.15) is 11.5 Å². The van der Waals surface area contributed by atoms with Crippen LogP contribution in [0.4, 0.5) is 5.69 Å². The number of nitrogens with one attached hydrogen (secondary N) is 1. The molecule has 3 rings (SSSR count). The summed E-state index contributed by atoms with van der Waals surface area (Å²) in [6.45, 7) is 5.89. The molecule has 1 aromatic carbocycles. The van der Waals surface area contributed by atoms with Crippen LogP contribution in [0.15, 0.2) is 29.8 Å². The number of hydrogen-bond donors (Lipinski definition) is 2. The number of rotatable bonds is 9. The fourth-order valence-corrected chi connectivity index (χ4v) is 4.47. The van der Waals surface area contributed by atoms with Crippen LogP contribution in [0.2, 0.25) is 0 Å². The zero-order valence-corrected chi connectivity index (χ0v) is 21.0. The highest BCUT2D eigenvalue weighted by molar-refractivity contribution is 6.46. The number of esters is 1. The first kappa shape index (κ1) is 26.6. The van der Waals surface area contributed by atoms with E-state index in [0.29, 0.717) is 29.8 Å². The van der Waals surface area contributed by atoms with Gasteiger partial charge < -0.3 is 24.6 Å². The molecule has 11 heteroatoms. The smallest absolute Gasteiger partial charge is 0.355 e. The second-order valence-electron chi connectivity index (χ2n) is 8.85. The molecule has 36 heavy (non-hydrogen) atoms. The summed E-state index contributed by atoms with van der Waals surface area (Å²) in [4.78, 5) is 55.7. The first-order valence-electron chi connectivity index (χ1n) is 11.5. The summed E-state index contributed by atoms with van der Waals surface area (Å²) in [5, 5.41) is 22.8. The average molecular weight is 499 g/mol. The Bertz CT molecular complexity index is 1250. The third-order valence-electron chi connectivity index (χ3n) is 6.09. The monoisotopic (exact) mass is 498 g/mol. The van der Waals surface area contributed by atoms with Gasteiger partial charge in [0.05, 0.1) is 23.1 Å². The van der Waals surface area contributed by atoms with E-state index in [4.69, 9.17) is 4.74 Å². The van der Waals surface area contributed by atoms with Crippen LogP contribution in [-0.4, -0.2) is 76.3 Å². The van der Waals surface area contributed by atoms with Gasteiger partial charge in [0, 0.05) is 29.9 Å². The Morgan fingerprint density at radius 1 is 1.28 bits per heavy atom. The number of nitro benzene ring substituents is 1. The minimum atomic E-state index is -1.04. The molecule has 0 unspecified atom stereocenters. The van der Waals surface area contributed by atoms with Crippen LogP contribution in [0.25, 0.3) is 5.76 Å². The van der Waals surface area contributed by atoms with Crippen molar-refractivity contribution in [3.05, 3.63) is 68.0 Å². The number of aliphatic hydroxyl groups excluding tert-OH is 1. The van der Waals surface area contributed by atoms with Crippen molar-refractivity contribution < 1.29 is 29.2 Å². The largest absolute Gasteiger partial charge is 0.507 e. The van der Waals surface area contributed by atoms with E-state index in [1.54, 1.807) is 26.8 Å². The number of carbonyl (C=O) groups excluding carboxylic acids is 3. The molecule has 0 bridgehead atoms. The van der Waals surface area contributed by atoms with Crippen LogP contribution < -0.4 is 0 Å². The zero-order valence-electron chi connectivity index (χ0n) is 21.0. The highest BCUT2D eigenvalue weighted by Crippen LogP contribution is 2.41. The molecule has 1 amide bonds. The van der Waals surface area contributed by atoms with Gasteiger partial charge in [0.25, 0.3) is 17.4 Å². The van der Waals surface area contributed by atoms with Gasteiger partial charge in [0.15, 0.2) is 0 Å². The van der Waals surface area contributed by atoms with Crippen molar-refractivity contribution in [2.45, 2.75) is 33.2 Å². The van der Waals surface area contributed by atoms with E-state index in [2.05, 4.69) is 4.98 Å². The minimum absolute atomic E-state index is 0.128. The second kappa shape index (κ2) is 10.7. The number of H-pyrrole nitrogens is 1. The highest BCUT2D eigenvalue weighted by atomic mass is 16.6. The molecular weight excluding hydrogens is 468 g/mol. The van der Waals surface area contributed by atoms with Crippen LogP contribution >= 0.6 is 0 Å². The van der Waals surface area contributed by atoms with Crippen molar-refractivity contribution >= 4 is 29.1 Å². The third kappa shape index (κ3) is 5.01. The molecule has 1 aliphatic heterocycles. The van der Waals surface area contributed by atoms with Gasteiger partial charge in [-0.05, 0) is 59.0 Å². The van der Waals surface area contributed by atoms with Crippen molar-refractivity contribution in [1.82, 2.24) is 14.8 Å². The summed E-state index contributed by atoms with van der Waals surface area (Å²) in [5.41, 5.74) is 1.04. The van der Waals surface area contributed by atoms with Crippen molar-refractivity contribution in [2.24, 2.45) is 0 Å². The molecule has 2 heterocycles. The number of non-ortho nitro benzene ring substituents is 1. The van der Waals surface area contributed by atoms with E-state index in [9.17, 15) is 29.6 Å². The van der Waals surface area contributed by atoms with Crippen molar-refractivity contribution in [1.29, 1.82) is 0 Å². The quantitative estimate of drug-likeness (QED) is 0.134. The minimum Gasteiger partial charge on any atom is -0.507 e. The van der Waals surface area contributed by atoms with Crippen molar-refractivity contribution in [3.8, 4) is 0 Å². The average Bonchev–Trinajstić information content (AvgIpc) is 3.26. The molecule has 1 atom stereocenters. The van der Waals surface area contributed by atoms with Crippen LogP contribution in [0.3, 0.4) is 0 Å². The van der Waals surface area contributed by atoms with Crippen LogP contribution in [0, 0.1) is 24.0 Å². The molecular formula is C25H30N4O7. The summed E-state index contributed by atoms with van der Waals surface area (Å²) in [7, 11) is 3.76. The second-order valence-corrected chi connectivity index (χ2v) is 8.85. The van der Waals surface area contributed by atoms with E-state index < -0.39 is 34.4 Å². The number of amides is 1. The standard InChI is InChI=1S/C25H30N4O7/c1-6-36-25(33)20-14(2)18(15(3)26-20)22(30)19-21(16-9-7-10-17(13-16)29(34)35)28(24(32)23(19)31)12-8-11-27(4)5/h7,9-10,13,21,26,30H,6,8,11-12H2,1-5H3/t21-/m1/s1. The van der Waals surface area contributed by atoms with Gasteiger partial charge in [-0.15, -0.1) is 0 Å². The van der Waals surface area contributed by atoms with Gasteiger partial charge in [-0.1, -0.05) is 12.1 Å². The van der Waals surface area contributed by atoms with E-state index in [1.165, 1.54) is 23.1 Å². The molecule has 11 nitrogen and oxygen atoms in total. The van der Waals surface area contributed by atoms with Gasteiger partial charge in [-0.3, -0.25) is 19.7 Å². The molecule has 1 fully saturated rings. The fraction of sp³-hybridized carbons (Fsp3) is 0.400. The number of likely N-dealkylation sites (tertiary alicyclic amines) is 1. The predicted octanol–water partition coefficient (Wildman–Crippen LogP) is 3.09. The Kier molecular flexibility index (Phi) is 7.93. The molecule has 1 saturated heterocycles. The Hall–Kier alpha value is -3.99. The molecule has 0 spiro atoms. The van der Waals surface area contributed by atoms with E-state index in [-0.39, 0.29) is 35.7 Å². The summed E-state index contributed by atoms with van der Waals surface area (Å²) in [6.07, 6.45) is 0.542. The number of benzene rings is 1. The Labute approximate surface area is 208 Å². The lowest BCUT2D eigenvalue weighted by molar-refractivity contribution is -0.384. The number of ether oxygens (including phenoxy) is 1. The van der Waals surface area contributed by atoms with Crippen LogP contribution in [0.1, 0.15) is 52.3 Å². The number of aromatic nitrogens is 1. The Balaban J connectivity index is 2.20. The number of Topliss-reactive ketones (excluding diaryl/α,β-unsaturated/α-hetero) is 1. The van der Waals surface area contributed by atoms with Gasteiger partial charge in [0.2, 0.25) is 0 Å². The summed E-state index contributed by atoms with van der Waals surface area (Å²) in [5.74, 6) is -2.77. The van der Waals surface area contributed by atoms with Crippen molar-refractivity contribution in [3.63, 3.8) is 0 Å². The first-order chi connectivity index (χ1) is 17.0. The van der Waals surface area contributed by atoms with E-state index in [1.807, 2.05) is 19.0 Å². The molecule has 2 N–H and O–H groups in total. The number of carbonyl (C=O) groups is 3. The highest BCUT2D eigenvalue weighted by Gasteiger charge is 2.46. The molecule has 0 aliphatic carbocycles. The molecule has 0 saturated carbocycles. The normalized spacial score (nSPS) is 17.2. The molecule has 192 valence electrons. The molecule has 0 radical (unpaired) electrons. The molecule has 2 aromatic rings. The number of aryl methyl sites for hydroxylation is 1.